The molecule has 1 N–H and O–H groups in total. The van der Waals surface area contributed by atoms with Crippen molar-refractivity contribution in [3.63, 3.8) is 0 Å². The van der Waals surface area contributed by atoms with Crippen LogP contribution in [0.4, 0.5) is 0 Å². The van der Waals surface area contributed by atoms with Gasteiger partial charge in [0.15, 0.2) is 0 Å². The molecule has 2 aromatic rings. The summed E-state index contributed by atoms with van der Waals surface area (Å²) in [6, 6.07) is 4.04. The minimum atomic E-state index is 0.536. The Morgan fingerprint density at radius 1 is 1.39 bits per heavy atom. The van der Waals surface area contributed by atoms with E-state index in [9.17, 15) is 0 Å². The summed E-state index contributed by atoms with van der Waals surface area (Å²) in [6.45, 7) is 2.17. The minimum Gasteiger partial charge on any atom is -0.331 e. The highest BCUT2D eigenvalue weighted by Crippen LogP contribution is 2.26. The normalized spacial score (nSPS) is 19.9. The molecular formula is C14H18N4. The molecule has 1 aliphatic rings. The maximum Gasteiger partial charge on any atom is 0.113 e. The van der Waals surface area contributed by atoms with Gasteiger partial charge in [-0.05, 0) is 31.5 Å². The predicted octanol–water partition coefficient (Wildman–Crippen LogP) is 1.95. The molecule has 4 nitrogen and oxygen atoms in total. The Labute approximate surface area is 107 Å². The van der Waals surface area contributed by atoms with Crippen LogP contribution < -0.4 is 5.32 Å². The lowest BCUT2D eigenvalue weighted by atomic mass is 9.99. The zero-order valence-corrected chi connectivity index (χ0v) is 10.6. The van der Waals surface area contributed by atoms with Crippen molar-refractivity contribution in [1.29, 1.82) is 0 Å². The lowest BCUT2D eigenvalue weighted by Crippen LogP contribution is -2.29. The highest BCUT2D eigenvalue weighted by Gasteiger charge is 2.20. The smallest absolute Gasteiger partial charge is 0.113 e. The summed E-state index contributed by atoms with van der Waals surface area (Å²) in [5.41, 5.74) is 2.27. The summed E-state index contributed by atoms with van der Waals surface area (Å²) in [5, 5.41) is 3.44. The van der Waals surface area contributed by atoms with Gasteiger partial charge in [-0.2, -0.15) is 0 Å². The lowest BCUT2D eigenvalue weighted by Gasteiger charge is -2.22. The van der Waals surface area contributed by atoms with Gasteiger partial charge in [0.25, 0.3) is 0 Å². The van der Waals surface area contributed by atoms with E-state index in [1.807, 2.05) is 18.5 Å². The van der Waals surface area contributed by atoms with Gasteiger partial charge in [0.05, 0.1) is 11.9 Å². The molecule has 4 heteroatoms. The van der Waals surface area contributed by atoms with Crippen molar-refractivity contribution in [3.05, 3.63) is 36.5 Å². The Balaban J connectivity index is 1.92. The molecule has 1 unspecified atom stereocenters. The van der Waals surface area contributed by atoms with Crippen LogP contribution in [0.25, 0.3) is 11.3 Å². The monoisotopic (exact) mass is 242 g/mol. The molecule has 2 aromatic heterocycles. The quantitative estimate of drug-likeness (QED) is 0.875. The molecule has 1 saturated heterocycles. The van der Waals surface area contributed by atoms with Crippen molar-refractivity contribution in [2.45, 2.75) is 18.8 Å². The number of pyridine rings is 1. The summed E-state index contributed by atoms with van der Waals surface area (Å²) in [4.78, 5) is 8.78. The molecule has 18 heavy (non-hydrogen) atoms. The van der Waals surface area contributed by atoms with Crippen molar-refractivity contribution in [1.82, 2.24) is 19.9 Å². The summed E-state index contributed by atoms with van der Waals surface area (Å²) in [5.74, 6) is 1.72. The largest absolute Gasteiger partial charge is 0.331 e. The number of nitrogens with one attached hydrogen (secondary N) is 1. The molecule has 0 aromatic carbocycles. The van der Waals surface area contributed by atoms with E-state index in [4.69, 9.17) is 0 Å². The van der Waals surface area contributed by atoms with Gasteiger partial charge in [0, 0.05) is 37.5 Å². The van der Waals surface area contributed by atoms with E-state index in [-0.39, 0.29) is 0 Å². The van der Waals surface area contributed by atoms with Crippen LogP contribution in [0, 0.1) is 0 Å². The van der Waals surface area contributed by atoms with Crippen molar-refractivity contribution in [3.8, 4) is 11.3 Å². The predicted molar refractivity (Wildman–Crippen MR) is 71.3 cm³/mol. The van der Waals surface area contributed by atoms with Crippen LogP contribution >= 0.6 is 0 Å². The van der Waals surface area contributed by atoms with Gasteiger partial charge in [-0.1, -0.05) is 0 Å². The summed E-state index contributed by atoms with van der Waals surface area (Å²) in [6.07, 6.45) is 8.11. The summed E-state index contributed by atoms with van der Waals surface area (Å²) in [7, 11) is 2.10. The highest BCUT2D eigenvalue weighted by atomic mass is 15.1. The Bertz CT molecular complexity index is 512. The van der Waals surface area contributed by atoms with Gasteiger partial charge in [-0.25, -0.2) is 4.98 Å². The second kappa shape index (κ2) is 4.90. The van der Waals surface area contributed by atoms with Gasteiger partial charge in [-0.15, -0.1) is 0 Å². The highest BCUT2D eigenvalue weighted by molar-refractivity contribution is 5.57. The fourth-order valence-electron chi connectivity index (χ4n) is 2.66. The number of aromatic nitrogens is 3. The van der Waals surface area contributed by atoms with E-state index in [0.717, 1.165) is 24.3 Å². The average molecular weight is 242 g/mol. The van der Waals surface area contributed by atoms with E-state index in [1.165, 1.54) is 18.7 Å². The molecule has 0 amide bonds. The van der Waals surface area contributed by atoms with Crippen molar-refractivity contribution in [2.24, 2.45) is 7.05 Å². The second-order valence-electron chi connectivity index (χ2n) is 4.85. The number of hydrogen-bond acceptors (Lipinski definition) is 3. The van der Waals surface area contributed by atoms with Crippen LogP contribution in [0.5, 0.6) is 0 Å². The number of hydrogen-bond donors (Lipinski definition) is 1. The molecular weight excluding hydrogens is 224 g/mol. The molecule has 0 spiro atoms. The first-order valence-electron chi connectivity index (χ1n) is 6.49. The number of piperidine rings is 1. The summed E-state index contributed by atoms with van der Waals surface area (Å²) < 4.78 is 2.20. The Hall–Kier alpha value is -1.68. The average Bonchev–Trinajstić information content (AvgIpc) is 2.83. The number of rotatable bonds is 2. The van der Waals surface area contributed by atoms with Gasteiger partial charge >= 0.3 is 0 Å². The van der Waals surface area contributed by atoms with Crippen molar-refractivity contribution < 1.29 is 0 Å². The van der Waals surface area contributed by atoms with Gasteiger partial charge in [0.1, 0.15) is 5.82 Å². The van der Waals surface area contributed by atoms with Gasteiger partial charge in [0.2, 0.25) is 0 Å². The topological polar surface area (TPSA) is 42.7 Å². The van der Waals surface area contributed by atoms with Crippen LogP contribution in [0.15, 0.2) is 30.7 Å². The van der Waals surface area contributed by atoms with Crippen LogP contribution in [0.1, 0.15) is 24.6 Å². The number of imidazole rings is 1. The van der Waals surface area contributed by atoms with E-state index >= 15 is 0 Å². The fraction of sp³-hybridized carbons (Fsp3) is 0.429. The maximum atomic E-state index is 4.61. The van der Waals surface area contributed by atoms with E-state index in [1.54, 1.807) is 6.20 Å². The van der Waals surface area contributed by atoms with Crippen LogP contribution in [0.3, 0.4) is 0 Å². The SMILES string of the molecule is Cn1c(-c2cccnc2)cnc1C1CCCNC1. The third-order valence-corrected chi connectivity index (χ3v) is 3.64. The van der Waals surface area contributed by atoms with Crippen molar-refractivity contribution >= 4 is 0 Å². The fourth-order valence-corrected chi connectivity index (χ4v) is 2.66. The molecule has 1 atom stereocenters. The molecule has 0 aliphatic carbocycles. The summed E-state index contributed by atoms with van der Waals surface area (Å²) >= 11 is 0. The standard InChI is InChI=1S/C14H18N4/c1-18-13(11-4-2-6-15-8-11)10-17-14(18)12-5-3-7-16-9-12/h2,4,6,8,10,12,16H,3,5,7,9H2,1H3. The first kappa shape index (κ1) is 11.4. The number of nitrogens with zero attached hydrogens (tertiary/aromatic N) is 3. The first-order valence-corrected chi connectivity index (χ1v) is 6.49. The first-order chi connectivity index (χ1) is 8.86. The maximum absolute atomic E-state index is 4.61. The molecule has 3 heterocycles. The zero-order valence-electron chi connectivity index (χ0n) is 10.6. The van der Waals surface area contributed by atoms with Crippen LogP contribution in [-0.2, 0) is 7.05 Å². The van der Waals surface area contributed by atoms with E-state index in [0.29, 0.717) is 5.92 Å². The van der Waals surface area contributed by atoms with Crippen LogP contribution in [-0.4, -0.2) is 27.6 Å². The molecule has 1 aliphatic heterocycles. The lowest BCUT2D eigenvalue weighted by molar-refractivity contribution is 0.439. The van der Waals surface area contributed by atoms with Gasteiger partial charge in [-0.3, -0.25) is 4.98 Å². The third-order valence-electron chi connectivity index (χ3n) is 3.64. The molecule has 0 saturated carbocycles. The Morgan fingerprint density at radius 3 is 3.06 bits per heavy atom. The Morgan fingerprint density at radius 2 is 2.33 bits per heavy atom. The second-order valence-corrected chi connectivity index (χ2v) is 4.85. The van der Waals surface area contributed by atoms with Crippen molar-refractivity contribution in [2.75, 3.05) is 13.1 Å². The molecule has 1 fully saturated rings. The molecule has 0 radical (unpaired) electrons. The van der Waals surface area contributed by atoms with E-state index < -0.39 is 0 Å². The molecule has 3 rings (SSSR count). The van der Waals surface area contributed by atoms with Crippen LogP contribution in [0.2, 0.25) is 0 Å². The molecule has 0 bridgehead atoms. The third kappa shape index (κ3) is 2.04. The van der Waals surface area contributed by atoms with Gasteiger partial charge < -0.3 is 9.88 Å². The van der Waals surface area contributed by atoms with E-state index in [2.05, 4.69) is 33.0 Å². The molecule has 94 valence electrons. The zero-order chi connectivity index (χ0) is 12.4. The minimum absolute atomic E-state index is 0.536. The Kier molecular flexibility index (Phi) is 3.11.